The molecule has 21 heavy (non-hydrogen) atoms. The van der Waals surface area contributed by atoms with Crippen LogP contribution in [0, 0.1) is 5.92 Å². The van der Waals surface area contributed by atoms with Crippen molar-refractivity contribution in [1.29, 1.82) is 0 Å². The third kappa shape index (κ3) is 8.58. The minimum absolute atomic E-state index is 0.377. The molecule has 0 heterocycles. The normalized spacial score (nSPS) is 12.4. The van der Waals surface area contributed by atoms with Gasteiger partial charge in [0.05, 0.1) is 19.3 Å². The van der Waals surface area contributed by atoms with Gasteiger partial charge in [0.2, 0.25) is 0 Å². The van der Waals surface area contributed by atoms with E-state index in [1.54, 1.807) is 0 Å². The molecule has 1 atom stereocenters. The van der Waals surface area contributed by atoms with Gasteiger partial charge in [-0.3, -0.25) is 0 Å². The maximum atomic E-state index is 9.85. The summed E-state index contributed by atoms with van der Waals surface area (Å²) in [6.07, 6.45) is 1.73. The van der Waals surface area contributed by atoms with E-state index in [-0.39, 0.29) is 0 Å². The molecule has 1 aromatic rings. The minimum Gasteiger partial charge on any atom is -0.494 e. The van der Waals surface area contributed by atoms with Crippen LogP contribution in [0.4, 0.5) is 5.69 Å². The van der Waals surface area contributed by atoms with Crippen LogP contribution in [0.25, 0.3) is 0 Å². The van der Waals surface area contributed by atoms with Crippen molar-refractivity contribution in [2.24, 2.45) is 5.92 Å². The molecule has 0 aromatic heterocycles. The van der Waals surface area contributed by atoms with Gasteiger partial charge in [-0.05, 0) is 49.9 Å². The Morgan fingerprint density at radius 1 is 1.19 bits per heavy atom. The Morgan fingerprint density at radius 3 is 2.52 bits per heavy atom. The van der Waals surface area contributed by atoms with Crippen molar-refractivity contribution in [3.05, 3.63) is 24.3 Å². The number of rotatable bonds is 11. The van der Waals surface area contributed by atoms with Crippen molar-refractivity contribution in [2.45, 2.75) is 39.7 Å². The van der Waals surface area contributed by atoms with E-state index in [0.717, 1.165) is 24.5 Å². The molecule has 0 bridgehead atoms. The zero-order valence-electron chi connectivity index (χ0n) is 13.5. The van der Waals surface area contributed by atoms with Crippen LogP contribution in [0.5, 0.6) is 5.75 Å². The Morgan fingerprint density at radius 2 is 1.90 bits per heavy atom. The number of aliphatic hydroxyl groups excluding tert-OH is 1. The van der Waals surface area contributed by atoms with E-state index in [9.17, 15) is 5.11 Å². The van der Waals surface area contributed by atoms with Crippen molar-refractivity contribution in [3.8, 4) is 5.75 Å². The molecule has 0 spiro atoms. The van der Waals surface area contributed by atoms with Crippen LogP contribution in [0.3, 0.4) is 0 Å². The van der Waals surface area contributed by atoms with Gasteiger partial charge in [0.15, 0.2) is 0 Å². The molecule has 1 rings (SSSR count). The van der Waals surface area contributed by atoms with E-state index in [1.807, 2.05) is 31.2 Å². The van der Waals surface area contributed by atoms with Crippen molar-refractivity contribution in [1.82, 2.24) is 0 Å². The zero-order chi connectivity index (χ0) is 15.5. The zero-order valence-corrected chi connectivity index (χ0v) is 13.5. The first-order valence-corrected chi connectivity index (χ1v) is 7.84. The number of benzene rings is 1. The summed E-state index contributed by atoms with van der Waals surface area (Å²) in [4.78, 5) is 0. The van der Waals surface area contributed by atoms with Crippen LogP contribution in [0.2, 0.25) is 0 Å². The summed E-state index contributed by atoms with van der Waals surface area (Å²) in [6, 6.07) is 7.73. The highest BCUT2D eigenvalue weighted by molar-refractivity contribution is 5.46. The van der Waals surface area contributed by atoms with E-state index in [4.69, 9.17) is 9.47 Å². The summed E-state index contributed by atoms with van der Waals surface area (Å²) in [5, 5.41) is 13.0. The molecular formula is C17H29NO3. The van der Waals surface area contributed by atoms with Crippen molar-refractivity contribution in [2.75, 3.05) is 31.7 Å². The van der Waals surface area contributed by atoms with Gasteiger partial charge in [0.25, 0.3) is 0 Å². The van der Waals surface area contributed by atoms with Crippen LogP contribution in [0.1, 0.15) is 33.6 Å². The fourth-order valence-electron chi connectivity index (χ4n) is 1.94. The van der Waals surface area contributed by atoms with Gasteiger partial charge in [-0.25, -0.2) is 0 Å². The van der Waals surface area contributed by atoms with E-state index in [0.29, 0.717) is 25.7 Å². The summed E-state index contributed by atoms with van der Waals surface area (Å²) in [7, 11) is 0. The van der Waals surface area contributed by atoms with Crippen LogP contribution < -0.4 is 10.1 Å². The summed E-state index contributed by atoms with van der Waals surface area (Å²) < 4.78 is 10.9. The summed E-state index contributed by atoms with van der Waals surface area (Å²) in [5.41, 5.74) is 0.970. The van der Waals surface area contributed by atoms with E-state index in [1.165, 1.54) is 6.42 Å². The van der Waals surface area contributed by atoms with Crippen molar-refractivity contribution in [3.63, 3.8) is 0 Å². The highest BCUT2D eigenvalue weighted by Crippen LogP contribution is 2.15. The van der Waals surface area contributed by atoms with E-state index in [2.05, 4.69) is 19.2 Å². The van der Waals surface area contributed by atoms with Crippen molar-refractivity contribution < 1.29 is 14.6 Å². The van der Waals surface area contributed by atoms with Crippen LogP contribution in [-0.2, 0) is 4.74 Å². The maximum absolute atomic E-state index is 9.85. The van der Waals surface area contributed by atoms with Crippen LogP contribution in [0.15, 0.2) is 24.3 Å². The second-order valence-corrected chi connectivity index (χ2v) is 5.60. The molecular weight excluding hydrogens is 266 g/mol. The quantitative estimate of drug-likeness (QED) is 0.615. The second kappa shape index (κ2) is 10.5. The fraction of sp³-hybridized carbons (Fsp3) is 0.647. The summed E-state index contributed by atoms with van der Waals surface area (Å²) >= 11 is 0. The monoisotopic (exact) mass is 295 g/mol. The lowest BCUT2D eigenvalue weighted by molar-refractivity contribution is 0.0409. The molecule has 1 aromatic carbocycles. The Balaban J connectivity index is 2.13. The molecule has 0 aliphatic heterocycles. The van der Waals surface area contributed by atoms with Gasteiger partial charge in [-0.15, -0.1) is 0 Å². The first-order chi connectivity index (χ1) is 10.1. The standard InChI is InChI=1S/C17H29NO3/c1-4-21-17-9-7-15(8-10-17)18-12-16(19)13-20-11-5-6-14(2)3/h7-10,14,16,18-19H,4-6,11-13H2,1-3H3. The summed E-state index contributed by atoms with van der Waals surface area (Å²) in [6.45, 7) is 8.62. The second-order valence-electron chi connectivity index (χ2n) is 5.60. The average Bonchev–Trinajstić information content (AvgIpc) is 2.46. The van der Waals surface area contributed by atoms with Gasteiger partial charge >= 0.3 is 0 Å². The summed E-state index contributed by atoms with van der Waals surface area (Å²) in [5.74, 6) is 1.57. The third-order valence-electron chi connectivity index (χ3n) is 3.09. The SMILES string of the molecule is CCOc1ccc(NCC(O)COCCCC(C)C)cc1. The molecule has 0 amide bonds. The highest BCUT2D eigenvalue weighted by atomic mass is 16.5. The molecule has 0 radical (unpaired) electrons. The molecule has 4 heteroatoms. The van der Waals surface area contributed by atoms with Gasteiger partial charge in [0.1, 0.15) is 5.75 Å². The van der Waals surface area contributed by atoms with Crippen molar-refractivity contribution >= 4 is 5.69 Å². The lowest BCUT2D eigenvalue weighted by atomic mass is 10.1. The topological polar surface area (TPSA) is 50.7 Å². The lowest BCUT2D eigenvalue weighted by Gasteiger charge is -2.14. The number of aliphatic hydroxyl groups is 1. The predicted molar refractivity (Wildman–Crippen MR) is 87.0 cm³/mol. The van der Waals surface area contributed by atoms with E-state index < -0.39 is 6.10 Å². The van der Waals surface area contributed by atoms with Gasteiger partial charge in [-0.2, -0.15) is 0 Å². The molecule has 120 valence electrons. The Labute approximate surface area is 128 Å². The van der Waals surface area contributed by atoms with Gasteiger partial charge in [0, 0.05) is 18.8 Å². The lowest BCUT2D eigenvalue weighted by Crippen LogP contribution is -2.25. The number of ether oxygens (including phenoxy) is 2. The number of anilines is 1. The Bertz CT molecular complexity index is 365. The maximum Gasteiger partial charge on any atom is 0.119 e. The van der Waals surface area contributed by atoms with Crippen LogP contribution in [-0.4, -0.2) is 37.6 Å². The highest BCUT2D eigenvalue weighted by Gasteiger charge is 2.04. The van der Waals surface area contributed by atoms with Crippen LogP contribution >= 0.6 is 0 Å². The number of hydrogen-bond acceptors (Lipinski definition) is 4. The largest absolute Gasteiger partial charge is 0.494 e. The molecule has 2 N–H and O–H groups in total. The smallest absolute Gasteiger partial charge is 0.119 e. The van der Waals surface area contributed by atoms with Gasteiger partial charge in [-0.1, -0.05) is 13.8 Å². The number of hydrogen-bond donors (Lipinski definition) is 2. The molecule has 0 fully saturated rings. The fourth-order valence-corrected chi connectivity index (χ4v) is 1.94. The molecule has 4 nitrogen and oxygen atoms in total. The molecule has 0 aliphatic carbocycles. The van der Waals surface area contributed by atoms with E-state index >= 15 is 0 Å². The molecule has 0 saturated carbocycles. The third-order valence-corrected chi connectivity index (χ3v) is 3.09. The predicted octanol–water partition coefficient (Wildman–Crippen LogP) is 3.31. The average molecular weight is 295 g/mol. The number of nitrogens with one attached hydrogen (secondary N) is 1. The molecule has 0 saturated heterocycles. The first-order valence-electron chi connectivity index (χ1n) is 7.84. The van der Waals surface area contributed by atoms with Gasteiger partial charge < -0.3 is 19.9 Å². The first kappa shape index (κ1) is 17.8. The molecule has 1 unspecified atom stereocenters. The Kier molecular flexibility index (Phi) is 8.87. The Hall–Kier alpha value is -1.26. The molecule has 0 aliphatic rings. The minimum atomic E-state index is -0.490.